The number of ether oxygens (including phenoxy) is 1. The van der Waals surface area contributed by atoms with Gasteiger partial charge in [-0.15, -0.1) is 0 Å². The first kappa shape index (κ1) is 20.8. The molecule has 1 aliphatic heterocycles. The minimum absolute atomic E-state index is 0.0424. The van der Waals surface area contributed by atoms with Gasteiger partial charge in [0.25, 0.3) is 5.91 Å². The molecule has 1 saturated carbocycles. The highest BCUT2D eigenvalue weighted by Gasteiger charge is 2.52. The van der Waals surface area contributed by atoms with Crippen LogP contribution in [0.5, 0.6) is 0 Å². The predicted octanol–water partition coefficient (Wildman–Crippen LogP) is 4.04. The number of carbonyl (C=O) groups excluding carboxylic acids is 2. The van der Waals surface area contributed by atoms with Gasteiger partial charge in [0.1, 0.15) is 0 Å². The van der Waals surface area contributed by atoms with Gasteiger partial charge in [-0.2, -0.15) is 0 Å². The van der Waals surface area contributed by atoms with E-state index in [0.717, 1.165) is 43.5 Å². The quantitative estimate of drug-likeness (QED) is 0.665. The molecule has 1 fully saturated rings. The van der Waals surface area contributed by atoms with Crippen LogP contribution in [-0.4, -0.2) is 49.1 Å². The number of nitrogens with zero attached hydrogens (tertiary/aromatic N) is 2. The molecule has 0 unspecified atom stereocenters. The van der Waals surface area contributed by atoms with Gasteiger partial charge in [0.05, 0.1) is 6.10 Å². The lowest BCUT2D eigenvalue weighted by Crippen LogP contribution is -2.62. The molecule has 2 amide bonds. The highest BCUT2D eigenvalue weighted by atomic mass is 16.5. The van der Waals surface area contributed by atoms with Gasteiger partial charge < -0.3 is 14.5 Å². The Hall–Kier alpha value is -1.88. The molecule has 0 aromatic heterocycles. The van der Waals surface area contributed by atoms with Crippen molar-refractivity contribution < 1.29 is 14.3 Å². The first-order valence-electron chi connectivity index (χ1n) is 10.6. The Kier molecular flexibility index (Phi) is 6.13. The first-order chi connectivity index (χ1) is 13.3. The van der Waals surface area contributed by atoms with Crippen LogP contribution in [0.4, 0.5) is 5.69 Å². The van der Waals surface area contributed by atoms with E-state index in [1.165, 1.54) is 0 Å². The summed E-state index contributed by atoms with van der Waals surface area (Å²) < 4.78 is 6.03. The molecular formula is C23H34N2O3. The average molecular weight is 387 g/mol. The number of hydrogen-bond acceptors (Lipinski definition) is 3. The maximum Gasteiger partial charge on any atom is 0.253 e. The van der Waals surface area contributed by atoms with Gasteiger partial charge in [0.15, 0.2) is 0 Å². The summed E-state index contributed by atoms with van der Waals surface area (Å²) in [5.74, 6) is 0.188. The Labute approximate surface area is 169 Å². The monoisotopic (exact) mass is 386 g/mol. The number of fused-ring (bicyclic) bond motifs is 1. The summed E-state index contributed by atoms with van der Waals surface area (Å²) in [6.07, 6.45) is 4.64. The normalized spacial score (nSPS) is 22.5. The molecule has 0 saturated heterocycles. The zero-order valence-corrected chi connectivity index (χ0v) is 18.0. The summed E-state index contributed by atoms with van der Waals surface area (Å²) in [6, 6.07) is 5.94. The van der Waals surface area contributed by atoms with E-state index in [1.807, 2.05) is 42.0 Å². The van der Waals surface area contributed by atoms with Crippen molar-refractivity contribution in [1.29, 1.82) is 0 Å². The minimum Gasteiger partial charge on any atom is -0.378 e. The maximum absolute atomic E-state index is 13.1. The number of amides is 2. The molecule has 0 radical (unpaired) electrons. The topological polar surface area (TPSA) is 49.9 Å². The molecule has 0 bridgehead atoms. The van der Waals surface area contributed by atoms with Gasteiger partial charge >= 0.3 is 0 Å². The Morgan fingerprint density at radius 1 is 1.29 bits per heavy atom. The maximum atomic E-state index is 13.1. The average Bonchev–Trinajstić information content (AvgIpc) is 3.11. The summed E-state index contributed by atoms with van der Waals surface area (Å²) in [5, 5.41) is 0. The number of anilines is 1. The Morgan fingerprint density at radius 3 is 2.68 bits per heavy atom. The molecule has 2 aliphatic rings. The van der Waals surface area contributed by atoms with Crippen molar-refractivity contribution >= 4 is 17.5 Å². The Bertz CT molecular complexity index is 743. The molecule has 0 N–H and O–H groups in total. The van der Waals surface area contributed by atoms with Gasteiger partial charge in [-0.25, -0.2) is 0 Å². The highest BCUT2D eigenvalue weighted by Crippen LogP contribution is 2.46. The van der Waals surface area contributed by atoms with Gasteiger partial charge in [-0.05, 0) is 43.0 Å². The molecule has 28 heavy (non-hydrogen) atoms. The van der Waals surface area contributed by atoms with E-state index < -0.39 is 0 Å². The summed E-state index contributed by atoms with van der Waals surface area (Å²) in [5.41, 5.74) is 2.71. The fourth-order valence-corrected chi connectivity index (χ4v) is 4.50. The van der Waals surface area contributed by atoms with E-state index in [1.54, 1.807) is 0 Å². The third-order valence-electron chi connectivity index (χ3n) is 6.56. The smallest absolute Gasteiger partial charge is 0.253 e. The van der Waals surface area contributed by atoms with Crippen LogP contribution in [0.15, 0.2) is 18.2 Å². The van der Waals surface area contributed by atoms with E-state index in [4.69, 9.17) is 4.74 Å². The van der Waals surface area contributed by atoms with Crippen LogP contribution in [-0.2, 0) is 16.0 Å². The fourth-order valence-electron chi connectivity index (χ4n) is 4.50. The first-order valence-corrected chi connectivity index (χ1v) is 10.6. The van der Waals surface area contributed by atoms with Crippen molar-refractivity contribution in [3.63, 3.8) is 0 Å². The van der Waals surface area contributed by atoms with E-state index >= 15 is 0 Å². The molecule has 154 valence electrons. The largest absolute Gasteiger partial charge is 0.378 e. The van der Waals surface area contributed by atoms with Crippen LogP contribution >= 0.6 is 0 Å². The molecule has 2 atom stereocenters. The number of unbranched alkanes of at least 4 members (excludes halogenated alkanes) is 1. The zero-order valence-electron chi connectivity index (χ0n) is 18.0. The fraction of sp³-hybridized carbons (Fsp3) is 0.652. The van der Waals surface area contributed by atoms with Gasteiger partial charge in [0, 0.05) is 49.3 Å². The molecule has 1 aliphatic carbocycles. The molecule has 3 rings (SSSR count). The molecule has 5 heteroatoms. The molecule has 1 aromatic rings. The molecular weight excluding hydrogens is 352 g/mol. The highest BCUT2D eigenvalue weighted by molar-refractivity contribution is 5.98. The van der Waals surface area contributed by atoms with Crippen molar-refractivity contribution in [3.8, 4) is 0 Å². The summed E-state index contributed by atoms with van der Waals surface area (Å²) in [4.78, 5) is 28.9. The molecule has 5 nitrogen and oxygen atoms in total. The molecule has 1 heterocycles. The van der Waals surface area contributed by atoms with E-state index in [0.29, 0.717) is 18.5 Å². The van der Waals surface area contributed by atoms with Crippen LogP contribution in [0, 0.1) is 5.41 Å². The van der Waals surface area contributed by atoms with Crippen molar-refractivity contribution in [3.05, 3.63) is 29.3 Å². The number of benzene rings is 1. The second-order valence-corrected chi connectivity index (χ2v) is 8.69. The van der Waals surface area contributed by atoms with Gasteiger partial charge in [-0.1, -0.05) is 34.1 Å². The summed E-state index contributed by atoms with van der Waals surface area (Å²) in [7, 11) is 1.90. The number of hydrogen-bond donors (Lipinski definition) is 0. The number of rotatable bonds is 7. The van der Waals surface area contributed by atoms with Gasteiger partial charge in [0.2, 0.25) is 5.91 Å². The van der Waals surface area contributed by atoms with Crippen LogP contribution < -0.4 is 4.90 Å². The zero-order chi connectivity index (χ0) is 20.5. The third kappa shape index (κ3) is 3.69. The van der Waals surface area contributed by atoms with E-state index in [-0.39, 0.29) is 29.4 Å². The van der Waals surface area contributed by atoms with Crippen molar-refractivity contribution in [2.24, 2.45) is 5.41 Å². The van der Waals surface area contributed by atoms with Crippen LogP contribution in [0.2, 0.25) is 0 Å². The molecule has 0 spiro atoms. The standard InChI is InChI=1S/C23H34N2O3/c1-6-8-13-28-20-15-19(23(20,3)4)24(5)22(27)17-9-10-18-16(14-17)11-12-25(18)21(26)7-2/h9-10,14,19-20H,6-8,11-13,15H2,1-5H3/t19-,20-/m0/s1. The van der Waals surface area contributed by atoms with Crippen LogP contribution in [0.25, 0.3) is 0 Å². The minimum atomic E-state index is -0.0424. The van der Waals surface area contributed by atoms with Crippen LogP contribution in [0.1, 0.15) is 69.3 Å². The molecule has 1 aromatic carbocycles. The van der Waals surface area contributed by atoms with E-state index in [2.05, 4.69) is 20.8 Å². The Balaban J connectivity index is 1.67. The van der Waals surface area contributed by atoms with Crippen molar-refractivity contribution in [2.75, 3.05) is 25.1 Å². The Morgan fingerprint density at radius 2 is 2.04 bits per heavy atom. The summed E-state index contributed by atoms with van der Waals surface area (Å²) in [6.45, 7) is 9.94. The second kappa shape index (κ2) is 8.24. The second-order valence-electron chi connectivity index (χ2n) is 8.69. The predicted molar refractivity (Wildman–Crippen MR) is 112 cm³/mol. The van der Waals surface area contributed by atoms with Crippen molar-refractivity contribution in [1.82, 2.24) is 4.90 Å². The van der Waals surface area contributed by atoms with Crippen molar-refractivity contribution in [2.45, 2.75) is 71.9 Å². The summed E-state index contributed by atoms with van der Waals surface area (Å²) >= 11 is 0. The lowest BCUT2D eigenvalue weighted by Gasteiger charge is -2.55. The van der Waals surface area contributed by atoms with E-state index in [9.17, 15) is 9.59 Å². The third-order valence-corrected chi connectivity index (χ3v) is 6.56. The number of carbonyl (C=O) groups is 2. The lowest BCUT2D eigenvalue weighted by atomic mass is 9.63. The van der Waals surface area contributed by atoms with Gasteiger partial charge in [-0.3, -0.25) is 9.59 Å². The van der Waals surface area contributed by atoms with Crippen LogP contribution in [0.3, 0.4) is 0 Å². The SMILES string of the molecule is CCCCO[C@H]1C[C@H](N(C)C(=O)c2ccc3c(c2)CCN3C(=O)CC)C1(C)C. The lowest BCUT2D eigenvalue weighted by molar-refractivity contribution is -0.140.